The van der Waals surface area contributed by atoms with Crippen molar-refractivity contribution in [1.82, 2.24) is 9.21 Å². The van der Waals surface area contributed by atoms with Gasteiger partial charge < -0.3 is 4.90 Å². The first-order valence-corrected chi connectivity index (χ1v) is 12.8. The van der Waals surface area contributed by atoms with Gasteiger partial charge in [0.2, 0.25) is 10.0 Å². The van der Waals surface area contributed by atoms with Gasteiger partial charge in [-0.2, -0.15) is 17.5 Å². The molecule has 1 fully saturated rings. The van der Waals surface area contributed by atoms with E-state index in [1.165, 1.54) is 4.31 Å². The van der Waals surface area contributed by atoms with Crippen LogP contribution in [0, 0.1) is 0 Å². The van der Waals surface area contributed by atoms with E-state index in [0.29, 0.717) is 26.1 Å². The van der Waals surface area contributed by atoms with E-state index in [9.17, 15) is 30.0 Å². The molecule has 0 radical (unpaired) electrons. The summed E-state index contributed by atoms with van der Waals surface area (Å²) in [6, 6.07) is 11.7. The third-order valence-electron chi connectivity index (χ3n) is 5.14. The Kier molecular flexibility index (Phi) is 7.09. The van der Waals surface area contributed by atoms with Crippen molar-refractivity contribution in [2.24, 2.45) is 0 Å². The lowest BCUT2D eigenvalue weighted by Gasteiger charge is -2.34. The summed E-state index contributed by atoms with van der Waals surface area (Å²) in [5.74, 6) is 0.00107. The van der Waals surface area contributed by atoms with Crippen LogP contribution >= 0.6 is 0 Å². The van der Waals surface area contributed by atoms with Crippen LogP contribution in [-0.2, 0) is 26.0 Å². The zero-order chi connectivity index (χ0) is 22.7. The predicted octanol–water partition coefficient (Wildman–Crippen LogP) is 2.88. The van der Waals surface area contributed by atoms with Crippen molar-refractivity contribution in [1.29, 1.82) is 0 Å². The highest BCUT2D eigenvalue weighted by Crippen LogP contribution is 2.30. The second kappa shape index (κ2) is 9.27. The SMILES string of the molecule is O=S(=O)(CCCN1CCN(S(=O)(=O)c2ccc(C(F)(F)F)cc2)CC1)c1ccccc1. The number of halogens is 3. The van der Waals surface area contributed by atoms with E-state index in [1.807, 2.05) is 4.90 Å². The van der Waals surface area contributed by atoms with Crippen molar-refractivity contribution in [3.05, 3.63) is 60.2 Å². The molecule has 31 heavy (non-hydrogen) atoms. The van der Waals surface area contributed by atoms with E-state index in [2.05, 4.69) is 0 Å². The van der Waals surface area contributed by atoms with Gasteiger partial charge in [-0.15, -0.1) is 0 Å². The van der Waals surface area contributed by atoms with Crippen molar-refractivity contribution in [3.8, 4) is 0 Å². The summed E-state index contributed by atoms with van der Waals surface area (Å²) < 4.78 is 89.3. The zero-order valence-electron chi connectivity index (χ0n) is 16.6. The first-order chi connectivity index (χ1) is 14.5. The highest BCUT2D eigenvalue weighted by molar-refractivity contribution is 7.91. The van der Waals surface area contributed by atoms with Crippen molar-refractivity contribution in [2.45, 2.75) is 22.4 Å². The maximum absolute atomic E-state index is 12.7. The average Bonchev–Trinajstić information content (AvgIpc) is 2.74. The smallest absolute Gasteiger partial charge is 0.301 e. The first kappa shape index (κ1) is 23.7. The number of rotatable bonds is 7. The molecule has 1 saturated heterocycles. The molecule has 0 aromatic heterocycles. The largest absolute Gasteiger partial charge is 0.416 e. The van der Waals surface area contributed by atoms with Gasteiger partial charge in [0, 0.05) is 26.2 Å². The standard InChI is InChI=1S/C20H23F3N2O4S2/c21-20(22,23)17-7-9-19(10-8-17)31(28,29)25-14-12-24(13-15-25)11-4-16-30(26,27)18-5-2-1-3-6-18/h1-3,5-10H,4,11-16H2. The molecule has 0 spiro atoms. The Labute approximate surface area is 180 Å². The molecule has 3 rings (SSSR count). The maximum Gasteiger partial charge on any atom is 0.416 e. The minimum absolute atomic E-state index is 0.00107. The van der Waals surface area contributed by atoms with Crippen LogP contribution in [0.25, 0.3) is 0 Å². The molecule has 0 amide bonds. The normalized spacial score (nSPS) is 17.0. The Morgan fingerprint density at radius 3 is 1.90 bits per heavy atom. The molecule has 1 heterocycles. The summed E-state index contributed by atoms with van der Waals surface area (Å²) in [7, 11) is -7.24. The van der Waals surface area contributed by atoms with E-state index < -0.39 is 31.6 Å². The quantitative estimate of drug-likeness (QED) is 0.615. The van der Waals surface area contributed by atoms with Crippen LogP contribution in [0.3, 0.4) is 0 Å². The molecule has 170 valence electrons. The van der Waals surface area contributed by atoms with E-state index in [4.69, 9.17) is 0 Å². The number of hydrogen-bond acceptors (Lipinski definition) is 5. The Morgan fingerprint density at radius 2 is 1.35 bits per heavy atom. The lowest BCUT2D eigenvalue weighted by atomic mass is 10.2. The minimum atomic E-state index is -4.53. The fourth-order valence-electron chi connectivity index (χ4n) is 3.38. The van der Waals surface area contributed by atoms with Crippen LogP contribution in [0.1, 0.15) is 12.0 Å². The van der Waals surface area contributed by atoms with Gasteiger partial charge in [-0.05, 0) is 49.4 Å². The molecule has 2 aromatic carbocycles. The predicted molar refractivity (Wildman–Crippen MR) is 110 cm³/mol. The average molecular weight is 477 g/mol. The molecule has 0 atom stereocenters. The maximum atomic E-state index is 12.7. The van der Waals surface area contributed by atoms with E-state index in [-0.39, 0.29) is 28.6 Å². The Bertz CT molecular complexity index is 1080. The number of sulfone groups is 1. The molecule has 1 aliphatic rings. The van der Waals surface area contributed by atoms with Crippen molar-refractivity contribution in [2.75, 3.05) is 38.5 Å². The second-order valence-electron chi connectivity index (χ2n) is 7.25. The highest BCUT2D eigenvalue weighted by atomic mass is 32.2. The number of benzene rings is 2. The zero-order valence-corrected chi connectivity index (χ0v) is 18.3. The van der Waals surface area contributed by atoms with Gasteiger partial charge in [0.1, 0.15) is 0 Å². The van der Waals surface area contributed by atoms with Gasteiger partial charge in [-0.3, -0.25) is 0 Å². The van der Waals surface area contributed by atoms with Crippen molar-refractivity contribution < 1.29 is 30.0 Å². The van der Waals surface area contributed by atoms with E-state index in [1.54, 1.807) is 30.3 Å². The number of piperazine rings is 1. The molecular weight excluding hydrogens is 453 g/mol. The van der Waals surface area contributed by atoms with Crippen LogP contribution in [0.15, 0.2) is 64.4 Å². The summed E-state index contributed by atoms with van der Waals surface area (Å²) in [6.07, 6.45) is -4.11. The first-order valence-electron chi connectivity index (χ1n) is 9.68. The van der Waals surface area contributed by atoms with Crippen LogP contribution in [0.2, 0.25) is 0 Å². The number of nitrogens with zero attached hydrogens (tertiary/aromatic N) is 2. The lowest BCUT2D eigenvalue weighted by molar-refractivity contribution is -0.137. The molecule has 0 saturated carbocycles. The number of alkyl halides is 3. The fraction of sp³-hybridized carbons (Fsp3) is 0.400. The Hall–Kier alpha value is -1.95. The summed E-state index contributed by atoms with van der Waals surface area (Å²) in [6.45, 7) is 1.74. The lowest BCUT2D eigenvalue weighted by Crippen LogP contribution is -2.48. The summed E-state index contributed by atoms with van der Waals surface area (Å²) in [5, 5.41) is 0. The molecule has 11 heteroatoms. The van der Waals surface area contributed by atoms with Gasteiger partial charge in [0.15, 0.2) is 9.84 Å². The molecular formula is C20H23F3N2O4S2. The summed E-state index contributed by atoms with van der Waals surface area (Å²) in [4.78, 5) is 2.09. The molecule has 0 unspecified atom stereocenters. The summed E-state index contributed by atoms with van der Waals surface area (Å²) in [5.41, 5.74) is -0.901. The molecule has 0 N–H and O–H groups in total. The number of hydrogen-bond donors (Lipinski definition) is 0. The third kappa shape index (κ3) is 5.85. The van der Waals surface area contributed by atoms with Crippen LogP contribution in [-0.4, -0.2) is 64.5 Å². The number of sulfonamides is 1. The second-order valence-corrected chi connectivity index (χ2v) is 11.3. The monoisotopic (exact) mass is 476 g/mol. The van der Waals surface area contributed by atoms with E-state index in [0.717, 1.165) is 24.3 Å². The van der Waals surface area contributed by atoms with Crippen molar-refractivity contribution >= 4 is 19.9 Å². The van der Waals surface area contributed by atoms with Gasteiger partial charge >= 0.3 is 6.18 Å². The minimum Gasteiger partial charge on any atom is -0.301 e. The summed E-state index contributed by atoms with van der Waals surface area (Å²) >= 11 is 0. The van der Waals surface area contributed by atoms with Crippen LogP contribution < -0.4 is 0 Å². The molecule has 2 aromatic rings. The Balaban J connectivity index is 1.52. The molecule has 1 aliphatic heterocycles. The molecule has 6 nitrogen and oxygen atoms in total. The van der Waals surface area contributed by atoms with Crippen LogP contribution in [0.5, 0.6) is 0 Å². The van der Waals surface area contributed by atoms with Gasteiger partial charge in [0.05, 0.1) is 21.1 Å². The Morgan fingerprint density at radius 1 is 0.774 bits per heavy atom. The van der Waals surface area contributed by atoms with Crippen LogP contribution in [0.4, 0.5) is 13.2 Å². The molecule has 0 bridgehead atoms. The third-order valence-corrected chi connectivity index (χ3v) is 8.87. The van der Waals surface area contributed by atoms with E-state index >= 15 is 0 Å². The van der Waals surface area contributed by atoms with Gasteiger partial charge in [0.25, 0.3) is 0 Å². The molecule has 0 aliphatic carbocycles. The fourth-order valence-corrected chi connectivity index (χ4v) is 6.12. The van der Waals surface area contributed by atoms with Gasteiger partial charge in [-0.25, -0.2) is 16.8 Å². The topological polar surface area (TPSA) is 74.8 Å². The van der Waals surface area contributed by atoms with Gasteiger partial charge in [-0.1, -0.05) is 18.2 Å². The highest BCUT2D eigenvalue weighted by Gasteiger charge is 2.32. The van der Waals surface area contributed by atoms with Crippen molar-refractivity contribution in [3.63, 3.8) is 0 Å².